The van der Waals surface area contributed by atoms with Crippen LogP contribution in [0.2, 0.25) is 0 Å². The zero-order chi connectivity index (χ0) is 13.0. The van der Waals surface area contributed by atoms with E-state index in [2.05, 4.69) is 17.4 Å². The van der Waals surface area contributed by atoms with Gasteiger partial charge in [0, 0.05) is 32.7 Å². The van der Waals surface area contributed by atoms with Gasteiger partial charge < -0.3 is 20.5 Å². The topological polar surface area (TPSA) is 56.5 Å². The average Bonchev–Trinajstić information content (AvgIpc) is 2.86. The van der Waals surface area contributed by atoms with Gasteiger partial charge in [0.25, 0.3) is 0 Å². The number of hydrogen-bond donors (Lipinski definition) is 2. The van der Waals surface area contributed by atoms with E-state index in [0.29, 0.717) is 6.54 Å². The summed E-state index contributed by atoms with van der Waals surface area (Å²) in [5.74, 6) is 1.01. The Morgan fingerprint density at radius 3 is 3.06 bits per heavy atom. The van der Waals surface area contributed by atoms with Gasteiger partial charge in [-0.3, -0.25) is 0 Å². The normalized spacial score (nSPS) is 17.1. The van der Waals surface area contributed by atoms with Crippen LogP contribution in [0.25, 0.3) is 0 Å². The summed E-state index contributed by atoms with van der Waals surface area (Å²) >= 11 is 0. The van der Waals surface area contributed by atoms with Crippen molar-refractivity contribution in [2.75, 3.05) is 26.8 Å². The van der Waals surface area contributed by atoms with E-state index in [1.165, 1.54) is 11.1 Å². The average molecular weight is 250 g/mol. The molecule has 2 rings (SSSR count). The second-order valence-electron chi connectivity index (χ2n) is 4.71. The lowest BCUT2D eigenvalue weighted by Gasteiger charge is -2.20. The van der Waals surface area contributed by atoms with E-state index in [1.54, 1.807) is 7.11 Å². The Bertz CT molecular complexity index is 395. The second-order valence-corrected chi connectivity index (χ2v) is 4.71. The van der Waals surface area contributed by atoms with Gasteiger partial charge in [0.1, 0.15) is 5.75 Å². The van der Waals surface area contributed by atoms with Crippen LogP contribution in [-0.4, -0.2) is 32.9 Å². The molecule has 3 N–H and O–H groups in total. The lowest BCUT2D eigenvalue weighted by atomic mass is 10.0. The molecule has 0 saturated heterocycles. The maximum atomic E-state index is 5.84. The molecule has 0 fully saturated rings. The Hall–Kier alpha value is -1.10. The number of hydrogen-bond acceptors (Lipinski definition) is 4. The van der Waals surface area contributed by atoms with E-state index >= 15 is 0 Å². The van der Waals surface area contributed by atoms with Gasteiger partial charge in [-0.1, -0.05) is 12.1 Å². The highest BCUT2D eigenvalue weighted by Gasteiger charge is 2.16. The highest BCUT2D eigenvalue weighted by atomic mass is 16.5. The Kier molecular flexibility index (Phi) is 4.58. The first kappa shape index (κ1) is 13.3. The van der Waals surface area contributed by atoms with Gasteiger partial charge >= 0.3 is 0 Å². The molecule has 18 heavy (non-hydrogen) atoms. The fourth-order valence-electron chi connectivity index (χ4n) is 2.15. The third-order valence-corrected chi connectivity index (χ3v) is 3.41. The van der Waals surface area contributed by atoms with Crippen LogP contribution in [0.4, 0.5) is 0 Å². The molecule has 4 nitrogen and oxygen atoms in total. The fraction of sp³-hybridized carbons (Fsp3) is 0.571. The van der Waals surface area contributed by atoms with Crippen molar-refractivity contribution in [3.63, 3.8) is 0 Å². The molecular formula is C14H22N2O2. The predicted octanol–water partition coefficient (Wildman–Crippen LogP) is 1.25. The lowest BCUT2D eigenvalue weighted by molar-refractivity contribution is 0.114. The number of ether oxygens (including phenoxy) is 2. The SMILES string of the molecule is COC(C)CNC(CN)c1ccc2c(c1)CCO2. The highest BCUT2D eigenvalue weighted by Crippen LogP contribution is 2.27. The summed E-state index contributed by atoms with van der Waals surface area (Å²) < 4.78 is 10.7. The van der Waals surface area contributed by atoms with Gasteiger partial charge in [-0.25, -0.2) is 0 Å². The summed E-state index contributed by atoms with van der Waals surface area (Å²) in [7, 11) is 1.72. The van der Waals surface area contributed by atoms with Crippen LogP contribution in [0.15, 0.2) is 18.2 Å². The van der Waals surface area contributed by atoms with Crippen LogP contribution in [0.3, 0.4) is 0 Å². The van der Waals surface area contributed by atoms with Crippen LogP contribution < -0.4 is 15.8 Å². The molecule has 2 unspecified atom stereocenters. The van der Waals surface area contributed by atoms with Crippen molar-refractivity contribution >= 4 is 0 Å². The lowest BCUT2D eigenvalue weighted by Crippen LogP contribution is -2.34. The standard InChI is InChI=1S/C14H22N2O2/c1-10(17-2)9-16-13(8-15)11-3-4-14-12(7-11)5-6-18-14/h3-4,7,10,13,16H,5-6,8-9,15H2,1-2H3. The van der Waals surface area contributed by atoms with E-state index in [4.69, 9.17) is 15.2 Å². The third-order valence-electron chi connectivity index (χ3n) is 3.41. The summed E-state index contributed by atoms with van der Waals surface area (Å²) in [6, 6.07) is 6.51. The van der Waals surface area contributed by atoms with Crippen molar-refractivity contribution < 1.29 is 9.47 Å². The van der Waals surface area contributed by atoms with Crippen LogP contribution in [0.5, 0.6) is 5.75 Å². The van der Waals surface area contributed by atoms with E-state index in [9.17, 15) is 0 Å². The quantitative estimate of drug-likeness (QED) is 0.797. The molecule has 1 aromatic rings. The molecule has 1 aliphatic heterocycles. The Morgan fingerprint density at radius 1 is 1.50 bits per heavy atom. The van der Waals surface area contributed by atoms with Crippen LogP contribution in [0.1, 0.15) is 24.1 Å². The first-order valence-electron chi connectivity index (χ1n) is 6.46. The second kappa shape index (κ2) is 6.18. The van der Waals surface area contributed by atoms with E-state index in [0.717, 1.165) is 25.3 Å². The molecule has 0 amide bonds. The van der Waals surface area contributed by atoms with Gasteiger partial charge in [0.2, 0.25) is 0 Å². The molecule has 1 aliphatic rings. The summed E-state index contributed by atoms with van der Waals surface area (Å²) in [6.07, 6.45) is 1.19. The molecule has 0 spiro atoms. The zero-order valence-corrected chi connectivity index (χ0v) is 11.1. The van der Waals surface area contributed by atoms with E-state index in [1.807, 2.05) is 13.0 Å². The monoisotopic (exact) mass is 250 g/mol. The highest BCUT2D eigenvalue weighted by molar-refractivity contribution is 5.40. The molecule has 0 saturated carbocycles. The molecule has 0 aromatic heterocycles. The van der Waals surface area contributed by atoms with Gasteiger partial charge in [-0.05, 0) is 24.1 Å². The van der Waals surface area contributed by atoms with Crippen molar-refractivity contribution in [1.29, 1.82) is 0 Å². The van der Waals surface area contributed by atoms with Gasteiger partial charge in [0.15, 0.2) is 0 Å². The smallest absolute Gasteiger partial charge is 0.122 e. The molecule has 0 aliphatic carbocycles. The first-order chi connectivity index (χ1) is 8.74. The molecule has 100 valence electrons. The summed E-state index contributed by atoms with van der Waals surface area (Å²) in [4.78, 5) is 0. The Morgan fingerprint density at radius 2 is 2.33 bits per heavy atom. The largest absolute Gasteiger partial charge is 0.493 e. The van der Waals surface area contributed by atoms with Crippen LogP contribution in [0, 0.1) is 0 Å². The van der Waals surface area contributed by atoms with E-state index in [-0.39, 0.29) is 12.1 Å². The van der Waals surface area contributed by atoms with Crippen molar-refractivity contribution in [2.24, 2.45) is 5.73 Å². The Labute approximate surface area is 108 Å². The maximum Gasteiger partial charge on any atom is 0.122 e. The number of nitrogens with two attached hydrogens (primary N) is 1. The number of nitrogens with one attached hydrogen (secondary N) is 1. The summed E-state index contributed by atoms with van der Waals surface area (Å²) in [6.45, 7) is 4.21. The fourth-order valence-corrected chi connectivity index (χ4v) is 2.15. The van der Waals surface area contributed by atoms with Crippen molar-refractivity contribution in [3.8, 4) is 5.75 Å². The predicted molar refractivity (Wildman–Crippen MR) is 71.9 cm³/mol. The minimum absolute atomic E-state index is 0.175. The minimum Gasteiger partial charge on any atom is -0.493 e. The van der Waals surface area contributed by atoms with Gasteiger partial charge in [-0.2, -0.15) is 0 Å². The number of rotatable bonds is 6. The molecular weight excluding hydrogens is 228 g/mol. The molecule has 1 aromatic carbocycles. The zero-order valence-electron chi connectivity index (χ0n) is 11.1. The maximum absolute atomic E-state index is 5.84. The molecule has 0 bridgehead atoms. The van der Waals surface area contributed by atoms with Gasteiger partial charge in [0.05, 0.1) is 12.7 Å². The minimum atomic E-state index is 0.175. The number of benzene rings is 1. The summed E-state index contributed by atoms with van der Waals surface area (Å²) in [5.41, 5.74) is 8.35. The van der Waals surface area contributed by atoms with Gasteiger partial charge in [-0.15, -0.1) is 0 Å². The van der Waals surface area contributed by atoms with Crippen molar-refractivity contribution in [1.82, 2.24) is 5.32 Å². The molecule has 2 atom stereocenters. The van der Waals surface area contributed by atoms with Crippen molar-refractivity contribution in [2.45, 2.75) is 25.5 Å². The van der Waals surface area contributed by atoms with E-state index < -0.39 is 0 Å². The number of methoxy groups -OCH3 is 1. The summed E-state index contributed by atoms with van der Waals surface area (Å²) in [5, 5.41) is 3.44. The number of fused-ring (bicyclic) bond motifs is 1. The molecule has 4 heteroatoms. The molecule has 0 radical (unpaired) electrons. The Balaban J connectivity index is 2.03. The van der Waals surface area contributed by atoms with Crippen LogP contribution in [-0.2, 0) is 11.2 Å². The van der Waals surface area contributed by atoms with Crippen LogP contribution >= 0.6 is 0 Å². The van der Waals surface area contributed by atoms with Crippen molar-refractivity contribution in [3.05, 3.63) is 29.3 Å². The third kappa shape index (κ3) is 3.02. The molecule has 1 heterocycles. The first-order valence-corrected chi connectivity index (χ1v) is 6.46.